The van der Waals surface area contributed by atoms with Crippen LogP contribution in [0.2, 0.25) is 0 Å². The van der Waals surface area contributed by atoms with Crippen molar-refractivity contribution in [3.8, 4) is 0 Å². The van der Waals surface area contributed by atoms with Crippen molar-refractivity contribution in [1.29, 1.82) is 0 Å². The van der Waals surface area contributed by atoms with E-state index < -0.39 is 0 Å². The molecule has 2 rings (SSSR count). The van der Waals surface area contributed by atoms with Gasteiger partial charge in [-0.1, -0.05) is 30.3 Å². The lowest BCUT2D eigenvalue weighted by Crippen LogP contribution is -2.42. The average Bonchev–Trinajstić information content (AvgIpc) is 3.04. The number of ether oxygens (including phenoxy) is 2. The SMILES string of the molecule is COCCN(C(=O)[C@@H]1CC[C@H](CN)O1)C(C)c1ccccc1. The fourth-order valence-electron chi connectivity index (χ4n) is 2.84. The molecule has 1 aromatic rings. The fraction of sp³-hybridized carbons (Fsp3) is 0.588. The maximum absolute atomic E-state index is 12.8. The second-order valence-corrected chi connectivity index (χ2v) is 5.67. The molecule has 0 saturated carbocycles. The Balaban J connectivity index is 2.10. The summed E-state index contributed by atoms with van der Waals surface area (Å²) in [4.78, 5) is 14.7. The lowest BCUT2D eigenvalue weighted by atomic mass is 10.1. The molecule has 1 heterocycles. The van der Waals surface area contributed by atoms with Gasteiger partial charge in [0.2, 0.25) is 0 Å². The summed E-state index contributed by atoms with van der Waals surface area (Å²) in [5.41, 5.74) is 6.74. The van der Waals surface area contributed by atoms with Crippen LogP contribution in [-0.4, -0.2) is 49.8 Å². The number of nitrogens with zero attached hydrogens (tertiary/aromatic N) is 1. The Labute approximate surface area is 132 Å². The van der Waals surface area contributed by atoms with E-state index in [2.05, 4.69) is 0 Å². The summed E-state index contributed by atoms with van der Waals surface area (Å²) in [7, 11) is 1.65. The monoisotopic (exact) mass is 306 g/mol. The second-order valence-electron chi connectivity index (χ2n) is 5.67. The maximum Gasteiger partial charge on any atom is 0.252 e. The summed E-state index contributed by atoms with van der Waals surface area (Å²) in [5.74, 6) is 0.0318. The number of hydrogen-bond donors (Lipinski definition) is 1. The molecule has 3 atom stereocenters. The Kier molecular flexibility index (Phi) is 6.36. The van der Waals surface area contributed by atoms with E-state index in [0.29, 0.717) is 19.7 Å². The zero-order valence-corrected chi connectivity index (χ0v) is 13.4. The zero-order valence-electron chi connectivity index (χ0n) is 13.4. The van der Waals surface area contributed by atoms with Gasteiger partial charge in [-0.2, -0.15) is 0 Å². The van der Waals surface area contributed by atoms with Gasteiger partial charge in [0, 0.05) is 20.2 Å². The van der Waals surface area contributed by atoms with E-state index >= 15 is 0 Å². The molecule has 122 valence electrons. The molecule has 5 nitrogen and oxygen atoms in total. The lowest BCUT2D eigenvalue weighted by Gasteiger charge is -2.31. The van der Waals surface area contributed by atoms with Crippen LogP contribution in [0.1, 0.15) is 31.4 Å². The number of carbonyl (C=O) groups is 1. The third-order valence-electron chi connectivity index (χ3n) is 4.21. The molecule has 0 spiro atoms. The summed E-state index contributed by atoms with van der Waals surface area (Å²) in [6.45, 7) is 3.57. The summed E-state index contributed by atoms with van der Waals surface area (Å²) >= 11 is 0. The van der Waals surface area contributed by atoms with Crippen molar-refractivity contribution >= 4 is 5.91 Å². The third-order valence-corrected chi connectivity index (χ3v) is 4.21. The number of amides is 1. The standard InChI is InChI=1S/C17H26N2O3/c1-13(14-6-4-3-5-7-14)19(10-11-21-2)17(20)16-9-8-15(12-18)22-16/h3-7,13,15-16H,8-12,18H2,1-2H3/t13?,15-,16+/m1/s1. The van der Waals surface area contributed by atoms with Crippen LogP contribution < -0.4 is 5.73 Å². The molecule has 0 radical (unpaired) electrons. The quantitative estimate of drug-likeness (QED) is 0.833. The summed E-state index contributed by atoms with van der Waals surface area (Å²) in [5, 5.41) is 0. The van der Waals surface area contributed by atoms with E-state index in [1.54, 1.807) is 7.11 Å². The molecule has 22 heavy (non-hydrogen) atoms. The van der Waals surface area contributed by atoms with Crippen molar-refractivity contribution < 1.29 is 14.3 Å². The van der Waals surface area contributed by atoms with Crippen LogP contribution in [0.4, 0.5) is 0 Å². The molecule has 2 N–H and O–H groups in total. The Bertz CT molecular complexity index is 466. The van der Waals surface area contributed by atoms with E-state index in [4.69, 9.17) is 15.2 Å². The predicted octanol–water partition coefficient (Wildman–Crippen LogP) is 1.73. The largest absolute Gasteiger partial charge is 0.383 e. The van der Waals surface area contributed by atoms with Gasteiger partial charge in [0.1, 0.15) is 6.10 Å². The van der Waals surface area contributed by atoms with Crippen LogP contribution in [0, 0.1) is 0 Å². The predicted molar refractivity (Wildman–Crippen MR) is 85.4 cm³/mol. The molecule has 1 amide bonds. The molecule has 1 saturated heterocycles. The smallest absolute Gasteiger partial charge is 0.252 e. The Morgan fingerprint density at radius 1 is 1.41 bits per heavy atom. The first kappa shape index (κ1) is 16.9. The highest BCUT2D eigenvalue weighted by molar-refractivity contribution is 5.81. The van der Waals surface area contributed by atoms with Crippen molar-refractivity contribution in [2.24, 2.45) is 5.73 Å². The van der Waals surface area contributed by atoms with Crippen molar-refractivity contribution in [3.05, 3.63) is 35.9 Å². The first-order chi connectivity index (χ1) is 10.7. The van der Waals surface area contributed by atoms with Gasteiger partial charge < -0.3 is 20.1 Å². The Morgan fingerprint density at radius 3 is 2.73 bits per heavy atom. The number of benzene rings is 1. The van der Waals surface area contributed by atoms with Crippen molar-refractivity contribution in [2.45, 2.75) is 38.0 Å². The molecular formula is C17H26N2O3. The fourth-order valence-corrected chi connectivity index (χ4v) is 2.84. The molecule has 1 aliphatic rings. The molecule has 1 fully saturated rings. The van der Waals surface area contributed by atoms with Gasteiger partial charge in [0.25, 0.3) is 5.91 Å². The minimum Gasteiger partial charge on any atom is -0.383 e. The summed E-state index contributed by atoms with van der Waals surface area (Å²) < 4.78 is 10.9. The van der Waals surface area contributed by atoms with E-state index in [-0.39, 0.29) is 24.2 Å². The maximum atomic E-state index is 12.8. The first-order valence-electron chi connectivity index (χ1n) is 7.87. The van der Waals surface area contributed by atoms with Crippen LogP contribution in [0.3, 0.4) is 0 Å². The zero-order chi connectivity index (χ0) is 15.9. The summed E-state index contributed by atoms with van der Waals surface area (Å²) in [6.07, 6.45) is 1.22. The van der Waals surface area contributed by atoms with Gasteiger partial charge in [0.15, 0.2) is 0 Å². The number of hydrogen-bond acceptors (Lipinski definition) is 4. The summed E-state index contributed by atoms with van der Waals surface area (Å²) in [6, 6.07) is 10.0. The number of methoxy groups -OCH3 is 1. The molecule has 0 aromatic heterocycles. The van der Waals surface area contributed by atoms with Crippen molar-refractivity contribution in [3.63, 3.8) is 0 Å². The van der Waals surface area contributed by atoms with E-state index in [0.717, 1.165) is 18.4 Å². The first-order valence-corrected chi connectivity index (χ1v) is 7.87. The van der Waals surface area contributed by atoms with E-state index in [9.17, 15) is 4.79 Å². The van der Waals surface area contributed by atoms with E-state index in [1.165, 1.54) is 0 Å². The lowest BCUT2D eigenvalue weighted by molar-refractivity contribution is -0.145. The number of rotatable bonds is 7. The van der Waals surface area contributed by atoms with Crippen LogP contribution >= 0.6 is 0 Å². The molecule has 1 unspecified atom stereocenters. The topological polar surface area (TPSA) is 64.8 Å². The van der Waals surface area contributed by atoms with Gasteiger partial charge >= 0.3 is 0 Å². The molecule has 0 bridgehead atoms. The van der Waals surface area contributed by atoms with Crippen LogP contribution in [-0.2, 0) is 14.3 Å². The Morgan fingerprint density at radius 2 is 2.14 bits per heavy atom. The minimum atomic E-state index is -0.378. The molecule has 5 heteroatoms. The van der Waals surface area contributed by atoms with Gasteiger partial charge in [-0.25, -0.2) is 0 Å². The third kappa shape index (κ3) is 4.06. The van der Waals surface area contributed by atoms with Gasteiger partial charge in [-0.3, -0.25) is 4.79 Å². The molecule has 0 aliphatic carbocycles. The average molecular weight is 306 g/mol. The second kappa shape index (κ2) is 8.27. The normalized spacial score (nSPS) is 22.5. The minimum absolute atomic E-state index is 0.00487. The Hall–Kier alpha value is -1.43. The molecule has 1 aliphatic heterocycles. The highest BCUT2D eigenvalue weighted by atomic mass is 16.5. The van der Waals surface area contributed by atoms with Gasteiger partial charge in [0.05, 0.1) is 18.8 Å². The molecule has 1 aromatic carbocycles. The highest BCUT2D eigenvalue weighted by Gasteiger charge is 2.34. The van der Waals surface area contributed by atoms with Crippen LogP contribution in [0.15, 0.2) is 30.3 Å². The van der Waals surface area contributed by atoms with Gasteiger partial charge in [-0.05, 0) is 25.3 Å². The number of nitrogens with two attached hydrogens (primary N) is 1. The van der Waals surface area contributed by atoms with Crippen molar-refractivity contribution in [2.75, 3.05) is 26.8 Å². The van der Waals surface area contributed by atoms with Gasteiger partial charge in [-0.15, -0.1) is 0 Å². The van der Waals surface area contributed by atoms with Crippen LogP contribution in [0.25, 0.3) is 0 Å². The van der Waals surface area contributed by atoms with Crippen LogP contribution in [0.5, 0.6) is 0 Å². The molecular weight excluding hydrogens is 280 g/mol. The number of carbonyl (C=O) groups excluding carboxylic acids is 1. The highest BCUT2D eigenvalue weighted by Crippen LogP contribution is 2.26. The van der Waals surface area contributed by atoms with Crippen molar-refractivity contribution in [1.82, 2.24) is 4.90 Å². The van der Waals surface area contributed by atoms with E-state index in [1.807, 2.05) is 42.2 Å².